The lowest BCUT2D eigenvalue weighted by Crippen LogP contribution is -2.15. The summed E-state index contributed by atoms with van der Waals surface area (Å²) in [7, 11) is 0. The molecule has 0 saturated heterocycles. The van der Waals surface area contributed by atoms with E-state index in [1.54, 1.807) is 5.38 Å². The highest BCUT2D eigenvalue weighted by Gasteiger charge is 2.23. The standard InChI is InChI=1S/C10H14N2O2S/c1-6(4-7-2-3-7)11-10-12-8(5-15-10)9(13)14/h5-7H,2-4H2,1H3,(H,11,12)(H,13,14). The van der Waals surface area contributed by atoms with E-state index < -0.39 is 5.97 Å². The van der Waals surface area contributed by atoms with Crippen molar-refractivity contribution in [3.05, 3.63) is 11.1 Å². The van der Waals surface area contributed by atoms with Crippen LogP contribution in [0.2, 0.25) is 0 Å². The highest BCUT2D eigenvalue weighted by Crippen LogP contribution is 2.34. The number of rotatable bonds is 5. The van der Waals surface area contributed by atoms with Crippen LogP contribution in [0.5, 0.6) is 0 Å². The van der Waals surface area contributed by atoms with Gasteiger partial charge in [-0.1, -0.05) is 12.8 Å². The van der Waals surface area contributed by atoms with Crippen molar-refractivity contribution in [2.45, 2.75) is 32.2 Å². The van der Waals surface area contributed by atoms with E-state index in [0.717, 1.165) is 12.3 Å². The van der Waals surface area contributed by atoms with Gasteiger partial charge in [-0.05, 0) is 19.3 Å². The number of carbonyl (C=O) groups is 1. The monoisotopic (exact) mass is 226 g/mol. The number of nitrogens with zero attached hydrogens (tertiary/aromatic N) is 1. The summed E-state index contributed by atoms with van der Waals surface area (Å²) in [5, 5.41) is 14.2. The van der Waals surface area contributed by atoms with E-state index in [1.807, 2.05) is 0 Å². The summed E-state index contributed by atoms with van der Waals surface area (Å²) in [6.07, 6.45) is 3.83. The number of hydrogen-bond acceptors (Lipinski definition) is 4. The third-order valence-corrected chi connectivity index (χ3v) is 3.25. The molecule has 1 aromatic rings. The highest BCUT2D eigenvalue weighted by atomic mass is 32.1. The zero-order valence-corrected chi connectivity index (χ0v) is 9.38. The Morgan fingerprint density at radius 2 is 2.53 bits per heavy atom. The first-order chi connectivity index (χ1) is 7.15. The van der Waals surface area contributed by atoms with E-state index in [0.29, 0.717) is 11.2 Å². The first-order valence-corrected chi connectivity index (χ1v) is 5.98. The fraction of sp³-hybridized carbons (Fsp3) is 0.600. The third-order valence-electron chi connectivity index (χ3n) is 2.48. The maximum absolute atomic E-state index is 10.6. The lowest BCUT2D eigenvalue weighted by Gasteiger charge is -2.11. The molecule has 82 valence electrons. The summed E-state index contributed by atoms with van der Waals surface area (Å²) in [5.41, 5.74) is 0.126. The van der Waals surface area contributed by atoms with Gasteiger partial charge in [-0.2, -0.15) is 0 Å². The molecule has 1 unspecified atom stereocenters. The Labute approximate surface area is 92.3 Å². The number of anilines is 1. The van der Waals surface area contributed by atoms with Gasteiger partial charge in [0.15, 0.2) is 10.8 Å². The Bertz CT molecular complexity index is 360. The number of carboxylic acids is 1. The topological polar surface area (TPSA) is 62.2 Å². The molecule has 0 aromatic carbocycles. The first kappa shape index (κ1) is 10.4. The quantitative estimate of drug-likeness (QED) is 0.809. The van der Waals surface area contributed by atoms with Gasteiger partial charge in [-0.3, -0.25) is 0 Å². The van der Waals surface area contributed by atoms with Crippen molar-refractivity contribution >= 4 is 22.4 Å². The number of nitrogens with one attached hydrogen (secondary N) is 1. The Morgan fingerprint density at radius 3 is 3.07 bits per heavy atom. The Hall–Kier alpha value is -1.10. The second-order valence-electron chi connectivity index (χ2n) is 4.07. The molecule has 1 aliphatic carbocycles. The second-order valence-corrected chi connectivity index (χ2v) is 4.93. The molecule has 2 N–H and O–H groups in total. The molecular formula is C10H14N2O2S. The summed E-state index contributed by atoms with van der Waals surface area (Å²) >= 11 is 1.35. The molecule has 5 heteroatoms. The SMILES string of the molecule is CC(CC1CC1)Nc1nc(C(=O)O)cs1. The predicted molar refractivity (Wildman–Crippen MR) is 59.5 cm³/mol. The molecule has 1 heterocycles. The zero-order valence-electron chi connectivity index (χ0n) is 8.56. The van der Waals surface area contributed by atoms with Crippen molar-refractivity contribution < 1.29 is 9.90 Å². The summed E-state index contributed by atoms with van der Waals surface area (Å²) in [4.78, 5) is 14.6. The smallest absolute Gasteiger partial charge is 0.355 e. The van der Waals surface area contributed by atoms with Gasteiger partial charge in [-0.25, -0.2) is 9.78 Å². The summed E-state index contributed by atoms with van der Waals surface area (Å²) in [6, 6.07) is 0.380. The number of hydrogen-bond donors (Lipinski definition) is 2. The van der Waals surface area contributed by atoms with Crippen molar-refractivity contribution in [2.75, 3.05) is 5.32 Å². The summed E-state index contributed by atoms with van der Waals surface area (Å²) in [6.45, 7) is 2.11. The predicted octanol–water partition coefficient (Wildman–Crippen LogP) is 2.44. The van der Waals surface area contributed by atoms with Gasteiger partial charge in [0.25, 0.3) is 0 Å². The lowest BCUT2D eigenvalue weighted by atomic mass is 10.2. The largest absolute Gasteiger partial charge is 0.476 e. The Morgan fingerprint density at radius 1 is 1.80 bits per heavy atom. The zero-order chi connectivity index (χ0) is 10.8. The molecule has 1 saturated carbocycles. The maximum Gasteiger partial charge on any atom is 0.355 e. The van der Waals surface area contributed by atoms with Crippen LogP contribution < -0.4 is 5.32 Å². The van der Waals surface area contributed by atoms with Gasteiger partial charge in [0, 0.05) is 11.4 Å². The molecule has 1 aliphatic rings. The molecule has 15 heavy (non-hydrogen) atoms. The van der Waals surface area contributed by atoms with Crippen LogP contribution in [0.15, 0.2) is 5.38 Å². The van der Waals surface area contributed by atoms with Crippen molar-refractivity contribution in [2.24, 2.45) is 5.92 Å². The minimum atomic E-state index is -0.964. The number of aromatic nitrogens is 1. The van der Waals surface area contributed by atoms with Crippen LogP contribution in [0.4, 0.5) is 5.13 Å². The number of carboxylic acid groups (broad SMARTS) is 1. The Balaban J connectivity index is 1.88. The fourth-order valence-corrected chi connectivity index (χ4v) is 2.36. The van der Waals surface area contributed by atoms with E-state index in [4.69, 9.17) is 5.11 Å². The van der Waals surface area contributed by atoms with Crippen LogP contribution in [-0.4, -0.2) is 22.1 Å². The molecule has 2 rings (SSSR count). The molecular weight excluding hydrogens is 212 g/mol. The fourth-order valence-electron chi connectivity index (χ4n) is 1.56. The van der Waals surface area contributed by atoms with Gasteiger partial charge >= 0.3 is 5.97 Å². The van der Waals surface area contributed by atoms with E-state index in [1.165, 1.54) is 24.2 Å². The molecule has 0 radical (unpaired) electrons. The summed E-state index contributed by atoms with van der Waals surface area (Å²) in [5.74, 6) is -0.0967. The second kappa shape index (κ2) is 4.18. The van der Waals surface area contributed by atoms with Gasteiger partial charge in [0.05, 0.1) is 0 Å². The van der Waals surface area contributed by atoms with Crippen LogP contribution in [0.1, 0.15) is 36.7 Å². The van der Waals surface area contributed by atoms with Gasteiger partial charge in [-0.15, -0.1) is 11.3 Å². The minimum absolute atomic E-state index is 0.126. The molecule has 0 spiro atoms. The van der Waals surface area contributed by atoms with E-state index in [9.17, 15) is 4.79 Å². The van der Waals surface area contributed by atoms with E-state index >= 15 is 0 Å². The normalized spacial score (nSPS) is 17.4. The van der Waals surface area contributed by atoms with Crippen molar-refractivity contribution in [1.82, 2.24) is 4.98 Å². The Kier molecular flexibility index (Phi) is 2.90. The van der Waals surface area contributed by atoms with Crippen LogP contribution in [0, 0.1) is 5.92 Å². The molecule has 1 atom stereocenters. The first-order valence-electron chi connectivity index (χ1n) is 5.10. The van der Waals surface area contributed by atoms with Gasteiger partial charge in [0.2, 0.25) is 0 Å². The molecule has 0 amide bonds. The van der Waals surface area contributed by atoms with Crippen LogP contribution >= 0.6 is 11.3 Å². The molecule has 1 aromatic heterocycles. The van der Waals surface area contributed by atoms with Crippen molar-refractivity contribution in [3.8, 4) is 0 Å². The molecule has 4 nitrogen and oxygen atoms in total. The van der Waals surface area contributed by atoms with Crippen molar-refractivity contribution in [3.63, 3.8) is 0 Å². The van der Waals surface area contributed by atoms with Crippen LogP contribution in [0.3, 0.4) is 0 Å². The third kappa shape index (κ3) is 2.92. The van der Waals surface area contributed by atoms with Gasteiger partial charge in [0.1, 0.15) is 0 Å². The average Bonchev–Trinajstić information content (AvgIpc) is 2.82. The van der Waals surface area contributed by atoms with E-state index in [-0.39, 0.29) is 5.69 Å². The summed E-state index contributed by atoms with van der Waals surface area (Å²) < 4.78 is 0. The number of aromatic carboxylic acids is 1. The molecule has 0 bridgehead atoms. The average molecular weight is 226 g/mol. The minimum Gasteiger partial charge on any atom is -0.476 e. The van der Waals surface area contributed by atoms with Crippen LogP contribution in [-0.2, 0) is 0 Å². The molecule has 0 aliphatic heterocycles. The maximum atomic E-state index is 10.6. The van der Waals surface area contributed by atoms with Crippen molar-refractivity contribution in [1.29, 1.82) is 0 Å². The lowest BCUT2D eigenvalue weighted by molar-refractivity contribution is 0.0691. The van der Waals surface area contributed by atoms with Crippen LogP contribution in [0.25, 0.3) is 0 Å². The highest BCUT2D eigenvalue weighted by molar-refractivity contribution is 7.13. The van der Waals surface area contributed by atoms with Gasteiger partial charge < -0.3 is 10.4 Å². The van der Waals surface area contributed by atoms with E-state index in [2.05, 4.69) is 17.2 Å². The number of thiazole rings is 1. The molecule has 1 fully saturated rings.